The molecule has 1 aliphatic rings. The van der Waals surface area contributed by atoms with E-state index in [0.29, 0.717) is 33.5 Å². The van der Waals surface area contributed by atoms with Crippen molar-refractivity contribution in [2.24, 2.45) is 4.99 Å². The third-order valence-electron chi connectivity index (χ3n) is 6.85. The number of nitrogens with zero attached hydrogens (tertiary/aromatic N) is 5. The predicted molar refractivity (Wildman–Crippen MR) is 165 cm³/mol. The van der Waals surface area contributed by atoms with Crippen LogP contribution in [0.1, 0.15) is 30.0 Å². The van der Waals surface area contributed by atoms with Crippen molar-refractivity contribution in [1.29, 1.82) is 0 Å². The highest BCUT2D eigenvalue weighted by molar-refractivity contribution is 8.15. The molecule has 3 aromatic carbocycles. The molecule has 1 N–H and O–H groups in total. The van der Waals surface area contributed by atoms with Crippen LogP contribution in [-0.2, 0) is 11.2 Å². The third kappa shape index (κ3) is 7.03. The number of aliphatic imine (C=N–C) groups is 1. The molecule has 5 rings (SSSR count). The van der Waals surface area contributed by atoms with Gasteiger partial charge in [0.2, 0.25) is 5.91 Å². The van der Waals surface area contributed by atoms with Crippen molar-refractivity contribution in [2.75, 3.05) is 16.0 Å². The number of carbonyl (C=O) groups is 2. The number of carbonyl (C=O) groups excluding carboxylic acids is 2. The molecule has 3 amide bonds. The zero-order chi connectivity index (χ0) is 33.2. The number of aromatic nitrogens is 3. The van der Waals surface area contributed by atoms with E-state index in [1.165, 1.54) is 39.8 Å². The lowest BCUT2D eigenvalue weighted by molar-refractivity contribution is -0.360. The topological polar surface area (TPSA) is 102 Å². The number of amides is 3. The maximum absolute atomic E-state index is 13.2. The van der Waals surface area contributed by atoms with Gasteiger partial charge in [0.05, 0.1) is 17.1 Å². The van der Waals surface area contributed by atoms with E-state index < -0.39 is 24.1 Å². The number of anilines is 2. The molecule has 0 unspecified atom stereocenters. The van der Waals surface area contributed by atoms with Crippen LogP contribution in [0.2, 0.25) is 0 Å². The summed E-state index contributed by atoms with van der Waals surface area (Å²) in [5, 5.41) is 7.39. The lowest BCUT2D eigenvalue weighted by Gasteiger charge is -2.20. The van der Waals surface area contributed by atoms with Crippen molar-refractivity contribution in [3.63, 3.8) is 0 Å². The van der Waals surface area contributed by atoms with Crippen LogP contribution in [0.15, 0.2) is 72.0 Å². The predicted octanol–water partition coefficient (Wildman–Crippen LogP) is 7.71. The first-order valence-electron chi connectivity index (χ1n) is 14.0. The first-order chi connectivity index (χ1) is 21.8. The molecule has 0 saturated carbocycles. The Bertz CT molecular complexity index is 1810. The van der Waals surface area contributed by atoms with Crippen LogP contribution in [0.25, 0.3) is 17.1 Å². The average molecular weight is 659 g/mol. The van der Waals surface area contributed by atoms with Crippen LogP contribution >= 0.6 is 11.8 Å². The Kier molecular flexibility index (Phi) is 9.15. The maximum Gasteiger partial charge on any atom is 0.499 e. The number of rotatable bonds is 8. The summed E-state index contributed by atoms with van der Waals surface area (Å²) in [5.74, 6) is -0.353. The lowest BCUT2D eigenvalue weighted by atomic mass is 10.0. The fourth-order valence-corrected chi connectivity index (χ4v) is 5.52. The van der Waals surface area contributed by atoms with E-state index in [2.05, 4.69) is 32.1 Å². The van der Waals surface area contributed by atoms with Gasteiger partial charge in [-0.25, -0.2) is 14.5 Å². The number of amidine groups is 1. The number of benzene rings is 3. The van der Waals surface area contributed by atoms with Gasteiger partial charge in [0.25, 0.3) is 0 Å². The normalized spacial score (nSPS) is 14.7. The van der Waals surface area contributed by atoms with E-state index in [0.717, 1.165) is 41.8 Å². The van der Waals surface area contributed by atoms with Gasteiger partial charge in [-0.05, 0) is 85.5 Å². The van der Waals surface area contributed by atoms with Crippen molar-refractivity contribution >= 4 is 40.2 Å². The maximum atomic E-state index is 13.2. The van der Waals surface area contributed by atoms with E-state index in [-0.39, 0.29) is 11.7 Å². The average Bonchev–Trinajstić information content (AvgIpc) is 3.61. The van der Waals surface area contributed by atoms with Crippen LogP contribution < -0.4 is 15.0 Å². The molecule has 1 saturated heterocycles. The molecule has 2 heterocycles. The molecule has 0 bridgehead atoms. The highest BCUT2D eigenvalue weighted by atomic mass is 32.2. The second kappa shape index (κ2) is 12.9. The molecule has 240 valence electrons. The van der Waals surface area contributed by atoms with E-state index in [1.807, 2.05) is 25.1 Å². The van der Waals surface area contributed by atoms with Gasteiger partial charge in [-0.1, -0.05) is 37.2 Å². The first-order valence-corrected chi connectivity index (χ1v) is 15.0. The summed E-state index contributed by atoms with van der Waals surface area (Å²) in [6.07, 6.45) is -8.17. The Morgan fingerprint density at radius 1 is 1.04 bits per heavy atom. The van der Waals surface area contributed by atoms with Crippen molar-refractivity contribution in [3.8, 4) is 22.8 Å². The molecule has 0 atom stereocenters. The number of ether oxygens (including phenoxy) is 1. The van der Waals surface area contributed by atoms with Gasteiger partial charge in [-0.2, -0.15) is 26.9 Å². The fraction of sp³-hybridized carbons (Fsp3) is 0.258. The molecular formula is C31H27F5N6O3S. The number of halogens is 5. The SMILES string of the molecule is CCCc1ccc(C)cc1N1C(=O)CS/C1=N\C(=O)Nc1ccc(-c2ncn(-c3ccc(OC(F)(F)C(F)(F)F)cc3)n2)c(C)c1. The van der Waals surface area contributed by atoms with Crippen LogP contribution in [0.3, 0.4) is 0 Å². The molecule has 4 aromatic rings. The van der Waals surface area contributed by atoms with Crippen molar-refractivity contribution in [2.45, 2.75) is 45.9 Å². The highest BCUT2D eigenvalue weighted by Gasteiger charge is 2.61. The molecule has 0 aliphatic carbocycles. The molecule has 0 radical (unpaired) electrons. The Morgan fingerprint density at radius 3 is 2.46 bits per heavy atom. The van der Waals surface area contributed by atoms with E-state index >= 15 is 0 Å². The summed E-state index contributed by atoms with van der Waals surface area (Å²) in [4.78, 5) is 35.7. The number of nitrogens with one attached hydrogen (secondary N) is 1. The molecule has 1 fully saturated rings. The summed E-state index contributed by atoms with van der Waals surface area (Å²) in [6, 6.07) is 14.7. The number of hydrogen-bond acceptors (Lipinski definition) is 6. The second-order valence-corrected chi connectivity index (χ2v) is 11.3. The van der Waals surface area contributed by atoms with Crippen LogP contribution in [0, 0.1) is 13.8 Å². The number of aryl methyl sites for hydroxylation is 3. The first kappa shape index (κ1) is 32.6. The molecule has 1 aliphatic heterocycles. The number of hydrogen-bond donors (Lipinski definition) is 1. The van der Waals surface area contributed by atoms with E-state index in [9.17, 15) is 31.5 Å². The minimum Gasteiger partial charge on any atom is -0.426 e. The van der Waals surface area contributed by atoms with Crippen LogP contribution in [-0.4, -0.2) is 49.9 Å². The Hall–Kier alpha value is -4.79. The van der Waals surface area contributed by atoms with Crippen molar-refractivity contribution < 1.29 is 36.3 Å². The van der Waals surface area contributed by atoms with Gasteiger partial charge in [-0.15, -0.1) is 5.10 Å². The van der Waals surface area contributed by atoms with Gasteiger partial charge in [-0.3, -0.25) is 9.69 Å². The molecular weight excluding hydrogens is 631 g/mol. The van der Waals surface area contributed by atoms with Crippen molar-refractivity contribution in [1.82, 2.24) is 14.8 Å². The minimum absolute atomic E-state index is 0.154. The largest absolute Gasteiger partial charge is 0.499 e. The summed E-state index contributed by atoms with van der Waals surface area (Å²) >= 11 is 1.19. The number of thioether (sulfide) groups is 1. The lowest BCUT2D eigenvalue weighted by Crippen LogP contribution is -2.41. The summed E-state index contributed by atoms with van der Waals surface area (Å²) in [5.41, 5.74) is 4.82. The van der Waals surface area contributed by atoms with Crippen molar-refractivity contribution in [3.05, 3.63) is 83.7 Å². The monoisotopic (exact) mass is 658 g/mol. The zero-order valence-corrected chi connectivity index (χ0v) is 25.5. The van der Waals surface area contributed by atoms with Gasteiger partial charge >= 0.3 is 18.3 Å². The quantitative estimate of drug-likeness (QED) is 0.195. The van der Waals surface area contributed by atoms with Gasteiger partial charge in [0.1, 0.15) is 12.1 Å². The van der Waals surface area contributed by atoms with Gasteiger partial charge < -0.3 is 10.1 Å². The van der Waals surface area contributed by atoms with E-state index in [4.69, 9.17) is 0 Å². The van der Waals surface area contributed by atoms with Crippen LogP contribution in [0.4, 0.5) is 38.1 Å². The third-order valence-corrected chi connectivity index (χ3v) is 7.77. The summed E-state index contributed by atoms with van der Waals surface area (Å²) in [7, 11) is 0. The molecule has 9 nitrogen and oxygen atoms in total. The van der Waals surface area contributed by atoms with Gasteiger partial charge in [0, 0.05) is 11.3 Å². The molecule has 0 spiro atoms. The zero-order valence-electron chi connectivity index (χ0n) is 24.7. The smallest absolute Gasteiger partial charge is 0.426 e. The van der Waals surface area contributed by atoms with E-state index in [1.54, 1.807) is 25.1 Å². The Morgan fingerprint density at radius 2 is 1.78 bits per heavy atom. The summed E-state index contributed by atoms with van der Waals surface area (Å²) < 4.78 is 68.8. The standard InChI is InChI=1S/C31H27F5N6O3S/c1-4-5-20-7-6-18(2)14-25(20)42-26(43)16-46-29(42)39-28(44)38-21-8-13-24(19(3)15-21)27-37-17-41(40-27)22-9-11-23(12-10-22)45-31(35,36)30(32,33)34/h6-15,17H,4-5,16H2,1-3H3,(H,38,44)/b39-29-. The number of urea groups is 1. The fourth-order valence-electron chi connectivity index (χ4n) is 4.66. The Balaban J connectivity index is 1.28. The molecule has 15 heteroatoms. The second-order valence-electron chi connectivity index (χ2n) is 10.4. The highest BCUT2D eigenvalue weighted by Crippen LogP contribution is 2.37. The minimum atomic E-state index is -5.85. The Labute approximate surface area is 264 Å². The molecule has 1 aromatic heterocycles. The van der Waals surface area contributed by atoms with Crippen LogP contribution in [0.5, 0.6) is 5.75 Å². The van der Waals surface area contributed by atoms with Gasteiger partial charge in [0.15, 0.2) is 11.0 Å². The molecule has 46 heavy (non-hydrogen) atoms. The number of alkyl halides is 5. The summed E-state index contributed by atoms with van der Waals surface area (Å²) in [6.45, 7) is 5.77.